The quantitative estimate of drug-likeness (QED) is 0.887. The van der Waals surface area contributed by atoms with E-state index >= 15 is 0 Å². The van der Waals surface area contributed by atoms with Crippen LogP contribution >= 0.6 is 0 Å². The van der Waals surface area contributed by atoms with E-state index in [9.17, 15) is 0 Å². The Balaban J connectivity index is 2.23. The van der Waals surface area contributed by atoms with Gasteiger partial charge in [0.05, 0.1) is 6.04 Å². The molecule has 0 bridgehead atoms. The van der Waals surface area contributed by atoms with Crippen molar-refractivity contribution in [2.45, 2.75) is 64.5 Å². The average Bonchev–Trinajstić information content (AvgIpc) is 2.89. The zero-order valence-corrected chi connectivity index (χ0v) is 12.2. The Kier molecular flexibility index (Phi) is 4.58. The lowest BCUT2D eigenvalue weighted by Crippen LogP contribution is -2.33. The van der Waals surface area contributed by atoms with Crippen LogP contribution in [0.25, 0.3) is 0 Å². The molecule has 2 N–H and O–H groups in total. The fourth-order valence-corrected chi connectivity index (χ4v) is 2.67. The first-order valence-electron chi connectivity index (χ1n) is 7.32. The normalized spacial score (nSPS) is 20.7. The molecule has 0 unspecified atom stereocenters. The van der Waals surface area contributed by atoms with Gasteiger partial charge in [0, 0.05) is 6.61 Å². The summed E-state index contributed by atoms with van der Waals surface area (Å²) in [5.41, 5.74) is 5.70. The molecule has 1 heterocycles. The van der Waals surface area contributed by atoms with Crippen LogP contribution in [0.4, 0.5) is 0 Å². The molecule has 108 valence electrons. The van der Waals surface area contributed by atoms with Gasteiger partial charge in [-0.25, -0.2) is 0 Å². The second-order valence-electron chi connectivity index (χ2n) is 5.71. The summed E-state index contributed by atoms with van der Waals surface area (Å²) in [7, 11) is 0. The third-order valence-electron chi connectivity index (χ3n) is 3.93. The Morgan fingerprint density at radius 3 is 2.58 bits per heavy atom. The van der Waals surface area contributed by atoms with Gasteiger partial charge in [0.15, 0.2) is 0 Å². The highest BCUT2D eigenvalue weighted by Gasteiger charge is 2.39. The minimum absolute atomic E-state index is 0.205. The highest BCUT2D eigenvalue weighted by atomic mass is 16.5. The maximum Gasteiger partial charge on any atom is 0.243 e. The van der Waals surface area contributed by atoms with Crippen molar-refractivity contribution in [1.82, 2.24) is 10.1 Å². The van der Waals surface area contributed by atoms with Crippen LogP contribution in [0, 0.1) is 5.92 Å². The molecule has 19 heavy (non-hydrogen) atoms. The van der Waals surface area contributed by atoms with Gasteiger partial charge in [0.25, 0.3) is 0 Å². The Labute approximate surface area is 114 Å². The Hall–Kier alpha value is -0.940. The number of nitrogens with two attached hydrogens (primary N) is 1. The smallest absolute Gasteiger partial charge is 0.243 e. The molecule has 1 saturated carbocycles. The standard InChI is InChI=1S/C14H25N3O2/c1-4-18-14(8-6-5-7-9-14)13-16-12(19-17-13)11(15)10(2)3/h10-11H,4-9,15H2,1-3H3/t11-/m0/s1. The van der Waals surface area contributed by atoms with Gasteiger partial charge in [-0.1, -0.05) is 38.3 Å². The third kappa shape index (κ3) is 2.98. The molecule has 2 rings (SSSR count). The average molecular weight is 267 g/mol. The first kappa shape index (κ1) is 14.5. The minimum Gasteiger partial charge on any atom is -0.367 e. The van der Waals surface area contributed by atoms with Gasteiger partial charge < -0.3 is 15.0 Å². The molecule has 0 aromatic carbocycles. The predicted octanol–water partition coefficient (Wildman–Crippen LogP) is 2.92. The summed E-state index contributed by atoms with van der Waals surface area (Å²) in [6, 6.07) is -0.205. The minimum atomic E-state index is -0.356. The fourth-order valence-electron chi connectivity index (χ4n) is 2.67. The number of aromatic nitrogens is 2. The van der Waals surface area contributed by atoms with Gasteiger partial charge in [-0.2, -0.15) is 4.98 Å². The van der Waals surface area contributed by atoms with Crippen LogP contribution in [0.5, 0.6) is 0 Å². The van der Waals surface area contributed by atoms with Crippen molar-refractivity contribution in [3.05, 3.63) is 11.7 Å². The molecule has 0 radical (unpaired) electrons. The molecule has 0 saturated heterocycles. The third-order valence-corrected chi connectivity index (χ3v) is 3.93. The highest BCUT2D eigenvalue weighted by molar-refractivity contribution is 5.05. The van der Waals surface area contributed by atoms with E-state index in [1.54, 1.807) is 0 Å². The van der Waals surface area contributed by atoms with E-state index in [4.69, 9.17) is 15.0 Å². The lowest BCUT2D eigenvalue weighted by Gasteiger charge is -2.33. The van der Waals surface area contributed by atoms with Crippen LogP contribution in [0.15, 0.2) is 4.52 Å². The molecular weight excluding hydrogens is 242 g/mol. The number of hydrogen-bond acceptors (Lipinski definition) is 5. The maximum atomic E-state index is 6.06. The first-order valence-corrected chi connectivity index (χ1v) is 7.32. The van der Waals surface area contributed by atoms with Crippen molar-refractivity contribution in [1.29, 1.82) is 0 Å². The van der Waals surface area contributed by atoms with Crippen molar-refractivity contribution in [3.8, 4) is 0 Å². The Morgan fingerprint density at radius 2 is 2.00 bits per heavy atom. The van der Waals surface area contributed by atoms with Gasteiger partial charge in [-0.15, -0.1) is 0 Å². The molecule has 5 heteroatoms. The van der Waals surface area contributed by atoms with Gasteiger partial charge in [0.1, 0.15) is 5.60 Å². The summed E-state index contributed by atoms with van der Waals surface area (Å²) in [4.78, 5) is 4.52. The zero-order valence-electron chi connectivity index (χ0n) is 12.2. The molecule has 1 aromatic heterocycles. The molecule has 1 aliphatic rings. The zero-order chi connectivity index (χ0) is 13.9. The van der Waals surface area contributed by atoms with Crippen LogP contribution in [0.3, 0.4) is 0 Å². The summed E-state index contributed by atoms with van der Waals surface area (Å²) in [5, 5.41) is 4.14. The van der Waals surface area contributed by atoms with E-state index in [1.807, 2.05) is 20.8 Å². The number of nitrogens with zero attached hydrogens (tertiary/aromatic N) is 2. The van der Waals surface area contributed by atoms with Crippen molar-refractivity contribution in [3.63, 3.8) is 0 Å². The molecule has 5 nitrogen and oxygen atoms in total. The molecule has 0 spiro atoms. The topological polar surface area (TPSA) is 74.2 Å². The van der Waals surface area contributed by atoms with Gasteiger partial charge in [-0.05, 0) is 25.7 Å². The SMILES string of the molecule is CCOC1(c2noc([C@@H](N)C(C)C)n2)CCCCC1. The van der Waals surface area contributed by atoms with Crippen molar-refractivity contribution in [2.24, 2.45) is 11.7 Å². The van der Waals surface area contributed by atoms with E-state index in [0.717, 1.165) is 25.7 Å². The predicted molar refractivity (Wildman–Crippen MR) is 72.5 cm³/mol. The van der Waals surface area contributed by atoms with Gasteiger partial charge in [0.2, 0.25) is 11.7 Å². The summed E-state index contributed by atoms with van der Waals surface area (Å²) in [6.45, 7) is 6.78. The fraction of sp³-hybridized carbons (Fsp3) is 0.857. The van der Waals surface area contributed by atoms with E-state index < -0.39 is 0 Å². The van der Waals surface area contributed by atoms with Crippen molar-refractivity contribution >= 4 is 0 Å². The van der Waals surface area contributed by atoms with E-state index in [2.05, 4.69) is 10.1 Å². The van der Waals surface area contributed by atoms with E-state index in [1.165, 1.54) is 6.42 Å². The van der Waals surface area contributed by atoms with Crippen LogP contribution in [0.2, 0.25) is 0 Å². The van der Waals surface area contributed by atoms with Crippen LogP contribution < -0.4 is 5.73 Å². The molecule has 0 aliphatic heterocycles. The maximum absolute atomic E-state index is 6.06. The van der Waals surface area contributed by atoms with E-state index in [-0.39, 0.29) is 17.6 Å². The molecular formula is C14H25N3O2. The van der Waals surface area contributed by atoms with Gasteiger partial charge >= 0.3 is 0 Å². The van der Waals surface area contributed by atoms with Crippen LogP contribution in [-0.4, -0.2) is 16.7 Å². The summed E-state index contributed by atoms with van der Waals surface area (Å²) >= 11 is 0. The Bertz CT molecular complexity index is 392. The van der Waals surface area contributed by atoms with E-state index in [0.29, 0.717) is 18.3 Å². The largest absolute Gasteiger partial charge is 0.367 e. The molecule has 1 atom stereocenters. The van der Waals surface area contributed by atoms with Crippen molar-refractivity contribution < 1.29 is 9.26 Å². The lowest BCUT2D eigenvalue weighted by atomic mass is 9.84. The second-order valence-corrected chi connectivity index (χ2v) is 5.71. The summed E-state index contributed by atoms with van der Waals surface area (Å²) in [5.74, 6) is 1.48. The molecule has 1 fully saturated rings. The lowest BCUT2D eigenvalue weighted by molar-refractivity contribution is -0.0777. The van der Waals surface area contributed by atoms with Gasteiger partial charge in [-0.3, -0.25) is 0 Å². The summed E-state index contributed by atoms with van der Waals surface area (Å²) < 4.78 is 11.3. The first-order chi connectivity index (χ1) is 9.09. The number of ether oxygens (including phenoxy) is 1. The van der Waals surface area contributed by atoms with Crippen molar-refractivity contribution in [2.75, 3.05) is 6.61 Å². The monoisotopic (exact) mass is 267 g/mol. The molecule has 1 aliphatic carbocycles. The highest BCUT2D eigenvalue weighted by Crippen LogP contribution is 2.39. The van der Waals surface area contributed by atoms with Crippen LogP contribution in [0.1, 0.15) is 70.6 Å². The summed E-state index contributed by atoms with van der Waals surface area (Å²) in [6.07, 6.45) is 5.50. The Morgan fingerprint density at radius 1 is 1.32 bits per heavy atom. The van der Waals surface area contributed by atoms with Crippen LogP contribution in [-0.2, 0) is 10.3 Å². The molecule has 1 aromatic rings. The second kappa shape index (κ2) is 6.01. The number of hydrogen-bond donors (Lipinski definition) is 1. The number of rotatable bonds is 5. The molecule has 0 amide bonds.